The number of nitrogen functional groups attached to an aromatic ring is 1. The normalized spacial score (nSPS) is 20.1. The molecule has 1 unspecified atom stereocenters. The van der Waals surface area contributed by atoms with Crippen LogP contribution >= 0.6 is 0 Å². The first-order chi connectivity index (χ1) is 8.74. The molecular weight excluding hydrogens is 230 g/mol. The van der Waals surface area contributed by atoms with Gasteiger partial charge < -0.3 is 20.9 Å². The molecule has 100 valence electrons. The van der Waals surface area contributed by atoms with Gasteiger partial charge in [-0.3, -0.25) is 4.79 Å². The van der Waals surface area contributed by atoms with Gasteiger partial charge in [-0.1, -0.05) is 0 Å². The second-order valence-corrected chi connectivity index (χ2v) is 4.70. The van der Waals surface area contributed by atoms with Crippen molar-refractivity contribution in [2.24, 2.45) is 0 Å². The SMILES string of the molecule is CNCCC1CCCCN1c1nc[nH]c(=O)c1N. The van der Waals surface area contributed by atoms with Gasteiger partial charge in [0.25, 0.3) is 5.56 Å². The van der Waals surface area contributed by atoms with Gasteiger partial charge >= 0.3 is 0 Å². The molecule has 0 saturated carbocycles. The minimum atomic E-state index is -0.252. The van der Waals surface area contributed by atoms with Crippen LogP contribution in [0.15, 0.2) is 11.1 Å². The van der Waals surface area contributed by atoms with E-state index >= 15 is 0 Å². The fraction of sp³-hybridized carbons (Fsp3) is 0.667. The molecule has 1 atom stereocenters. The predicted molar refractivity (Wildman–Crippen MR) is 72.8 cm³/mol. The summed E-state index contributed by atoms with van der Waals surface area (Å²) in [5.41, 5.74) is 5.82. The molecule has 6 heteroatoms. The average Bonchev–Trinajstić information content (AvgIpc) is 2.40. The maximum atomic E-state index is 11.5. The van der Waals surface area contributed by atoms with E-state index in [4.69, 9.17) is 5.73 Å². The predicted octanol–water partition coefficient (Wildman–Crippen LogP) is 0.320. The second-order valence-electron chi connectivity index (χ2n) is 4.70. The largest absolute Gasteiger partial charge is 0.391 e. The van der Waals surface area contributed by atoms with E-state index in [1.165, 1.54) is 12.7 Å². The third-order valence-corrected chi connectivity index (χ3v) is 3.49. The fourth-order valence-corrected chi connectivity index (χ4v) is 2.52. The molecule has 0 amide bonds. The molecule has 0 bridgehead atoms. The monoisotopic (exact) mass is 251 g/mol. The molecule has 1 aromatic heterocycles. The lowest BCUT2D eigenvalue weighted by Crippen LogP contribution is -2.42. The van der Waals surface area contributed by atoms with Gasteiger partial charge in [-0.2, -0.15) is 0 Å². The number of anilines is 2. The van der Waals surface area contributed by atoms with Crippen molar-refractivity contribution >= 4 is 11.5 Å². The number of hydrogen-bond acceptors (Lipinski definition) is 5. The Morgan fingerprint density at radius 1 is 1.61 bits per heavy atom. The summed E-state index contributed by atoms with van der Waals surface area (Å²) in [6, 6.07) is 0.419. The molecule has 6 nitrogen and oxygen atoms in total. The van der Waals surface area contributed by atoms with Gasteiger partial charge in [0.1, 0.15) is 5.69 Å². The highest BCUT2D eigenvalue weighted by Gasteiger charge is 2.25. The maximum absolute atomic E-state index is 11.5. The summed E-state index contributed by atoms with van der Waals surface area (Å²) >= 11 is 0. The minimum absolute atomic E-state index is 0.230. The van der Waals surface area contributed by atoms with Crippen LogP contribution in [0, 0.1) is 0 Å². The molecule has 0 aliphatic carbocycles. The van der Waals surface area contributed by atoms with Crippen LogP contribution in [0.4, 0.5) is 11.5 Å². The van der Waals surface area contributed by atoms with Crippen molar-refractivity contribution < 1.29 is 0 Å². The molecule has 0 aromatic carbocycles. The summed E-state index contributed by atoms with van der Waals surface area (Å²) in [6.07, 6.45) is 5.97. The number of nitrogens with zero attached hydrogens (tertiary/aromatic N) is 2. The second kappa shape index (κ2) is 5.86. The average molecular weight is 251 g/mol. The van der Waals surface area contributed by atoms with Crippen LogP contribution in [0.3, 0.4) is 0 Å². The van der Waals surface area contributed by atoms with E-state index in [0.29, 0.717) is 11.9 Å². The van der Waals surface area contributed by atoms with Crippen molar-refractivity contribution in [2.45, 2.75) is 31.7 Å². The third kappa shape index (κ3) is 2.64. The van der Waals surface area contributed by atoms with Crippen LogP contribution in [0.2, 0.25) is 0 Å². The lowest BCUT2D eigenvalue weighted by atomic mass is 9.99. The van der Waals surface area contributed by atoms with Crippen LogP contribution in [-0.4, -0.2) is 36.1 Å². The van der Waals surface area contributed by atoms with E-state index in [1.54, 1.807) is 0 Å². The molecule has 2 heterocycles. The number of H-pyrrole nitrogens is 1. The zero-order valence-corrected chi connectivity index (χ0v) is 10.8. The van der Waals surface area contributed by atoms with E-state index < -0.39 is 0 Å². The maximum Gasteiger partial charge on any atom is 0.276 e. The zero-order valence-electron chi connectivity index (χ0n) is 10.8. The van der Waals surface area contributed by atoms with E-state index in [9.17, 15) is 4.79 Å². The van der Waals surface area contributed by atoms with E-state index in [-0.39, 0.29) is 11.2 Å². The first kappa shape index (κ1) is 12.9. The number of aromatic nitrogens is 2. The lowest BCUT2D eigenvalue weighted by molar-refractivity contribution is 0.430. The Bertz CT molecular complexity index is 444. The van der Waals surface area contributed by atoms with Gasteiger partial charge in [-0.25, -0.2) is 4.98 Å². The summed E-state index contributed by atoms with van der Waals surface area (Å²) < 4.78 is 0. The Labute approximate surface area is 107 Å². The van der Waals surface area contributed by atoms with Crippen LogP contribution in [-0.2, 0) is 0 Å². The number of nitrogens with one attached hydrogen (secondary N) is 2. The summed E-state index contributed by atoms with van der Waals surface area (Å²) in [7, 11) is 1.95. The Hall–Kier alpha value is -1.56. The Morgan fingerprint density at radius 3 is 3.22 bits per heavy atom. The summed E-state index contributed by atoms with van der Waals surface area (Å²) in [5, 5.41) is 3.17. The molecule has 1 fully saturated rings. The fourth-order valence-electron chi connectivity index (χ4n) is 2.52. The minimum Gasteiger partial charge on any atom is -0.391 e. The molecule has 1 aliphatic rings. The van der Waals surface area contributed by atoms with Crippen molar-refractivity contribution in [2.75, 3.05) is 30.8 Å². The summed E-state index contributed by atoms with van der Waals surface area (Å²) in [4.78, 5) is 20.5. The molecule has 2 rings (SSSR count). The Kier molecular flexibility index (Phi) is 4.19. The quantitative estimate of drug-likeness (QED) is 0.717. The first-order valence-electron chi connectivity index (χ1n) is 6.48. The van der Waals surface area contributed by atoms with Gasteiger partial charge in [0.15, 0.2) is 5.82 Å². The molecule has 4 N–H and O–H groups in total. The Morgan fingerprint density at radius 2 is 2.44 bits per heavy atom. The standard InChI is InChI=1S/C12H21N5O/c1-14-6-5-9-4-2-3-7-17(9)11-10(13)12(18)16-8-15-11/h8-9,14H,2-7,13H2,1H3,(H,15,16,18). The van der Waals surface area contributed by atoms with Gasteiger partial charge in [-0.15, -0.1) is 0 Å². The van der Waals surface area contributed by atoms with Crippen LogP contribution in [0.1, 0.15) is 25.7 Å². The summed E-state index contributed by atoms with van der Waals surface area (Å²) in [5.74, 6) is 0.638. The Balaban J connectivity index is 2.22. The lowest BCUT2D eigenvalue weighted by Gasteiger charge is -2.37. The molecular formula is C12H21N5O. The van der Waals surface area contributed by atoms with Crippen molar-refractivity contribution in [3.8, 4) is 0 Å². The summed E-state index contributed by atoms with van der Waals surface area (Å²) in [6.45, 7) is 1.89. The van der Waals surface area contributed by atoms with Crippen LogP contribution < -0.4 is 21.5 Å². The van der Waals surface area contributed by atoms with E-state index in [0.717, 1.165) is 32.4 Å². The van der Waals surface area contributed by atoms with Gasteiger partial charge in [-0.05, 0) is 39.3 Å². The molecule has 0 spiro atoms. The molecule has 1 saturated heterocycles. The van der Waals surface area contributed by atoms with Gasteiger partial charge in [0.05, 0.1) is 6.33 Å². The molecule has 1 aliphatic heterocycles. The molecule has 18 heavy (non-hydrogen) atoms. The number of piperidine rings is 1. The van der Waals surface area contributed by atoms with Crippen molar-refractivity contribution in [3.05, 3.63) is 16.7 Å². The smallest absolute Gasteiger partial charge is 0.276 e. The van der Waals surface area contributed by atoms with E-state index in [1.807, 2.05) is 7.05 Å². The topological polar surface area (TPSA) is 87.0 Å². The highest BCUT2D eigenvalue weighted by molar-refractivity contribution is 5.61. The number of aromatic amines is 1. The number of nitrogens with two attached hydrogens (primary N) is 1. The number of hydrogen-bond donors (Lipinski definition) is 3. The highest BCUT2D eigenvalue weighted by atomic mass is 16.1. The van der Waals surface area contributed by atoms with Crippen molar-refractivity contribution in [1.82, 2.24) is 15.3 Å². The van der Waals surface area contributed by atoms with Crippen molar-refractivity contribution in [1.29, 1.82) is 0 Å². The highest BCUT2D eigenvalue weighted by Crippen LogP contribution is 2.26. The van der Waals surface area contributed by atoms with Gasteiger partial charge in [0, 0.05) is 12.6 Å². The van der Waals surface area contributed by atoms with Crippen LogP contribution in [0.25, 0.3) is 0 Å². The van der Waals surface area contributed by atoms with Gasteiger partial charge in [0.2, 0.25) is 0 Å². The molecule has 0 radical (unpaired) electrons. The zero-order chi connectivity index (χ0) is 13.0. The van der Waals surface area contributed by atoms with Crippen molar-refractivity contribution in [3.63, 3.8) is 0 Å². The van der Waals surface area contributed by atoms with E-state index in [2.05, 4.69) is 20.2 Å². The number of rotatable bonds is 4. The first-order valence-corrected chi connectivity index (χ1v) is 6.48. The van der Waals surface area contributed by atoms with Crippen LogP contribution in [0.5, 0.6) is 0 Å². The molecule has 1 aromatic rings. The third-order valence-electron chi connectivity index (χ3n) is 3.49.